The SMILES string of the molecule is C[C@H]1Nc2ncnc3c2cc(C2CCS(=O)CC2)c(=O)n3CCCCCC(O)CN2CCC(CC2)C(F)(F)c2cccc1c2F.[CH3][Sb]. The number of anilines is 1. The Balaban J connectivity index is 0.00000213. The van der Waals surface area contributed by atoms with Crippen LogP contribution in [0.2, 0.25) is 4.87 Å². The number of aliphatic hydroxyl groups is 1. The number of nitrogens with zero attached hydrogens (tertiary/aromatic N) is 4. The van der Waals surface area contributed by atoms with Gasteiger partial charge in [-0.25, -0.2) is 23.1 Å². The molecule has 256 valence electrons. The molecule has 0 aliphatic carbocycles. The number of piperidine rings is 1. The molecule has 1 unspecified atom stereocenters. The van der Waals surface area contributed by atoms with Gasteiger partial charge in [0.05, 0.1) is 23.1 Å². The number of halogens is 3. The van der Waals surface area contributed by atoms with Gasteiger partial charge in [-0.1, -0.05) is 31.0 Å². The van der Waals surface area contributed by atoms with E-state index in [0.717, 1.165) is 12.8 Å². The van der Waals surface area contributed by atoms with Crippen LogP contribution < -0.4 is 10.9 Å². The van der Waals surface area contributed by atoms with Gasteiger partial charge in [-0.3, -0.25) is 13.6 Å². The molecule has 4 aliphatic rings. The Bertz CT molecular complexity index is 1610. The van der Waals surface area contributed by atoms with Gasteiger partial charge in [0.25, 0.3) is 11.5 Å². The number of aryl methyl sites for hydroxylation is 1. The second-order valence-electron chi connectivity index (χ2n) is 12.9. The molecule has 2 saturated heterocycles. The standard InChI is InChI=1S/C33H42F3N5O3S.CH3.Sb/c1-21-25-7-5-8-28(29(25)34)33(35,36)23-9-14-40(15-10-23)19-24(42)6-3-2-4-13-41-31-27(30(39-21)37-20-38-31)18-26(32(41)43)22-11-16-45(44)17-12-22;;/h5,7-8,18,20-24,42H,2-4,6,9-17,19H2,1H3,(H,37,38,39);1H3;/t21-,22?,24?,45?;;/m1../s1. The number of rotatable bonds is 1. The van der Waals surface area contributed by atoms with Crippen LogP contribution in [-0.4, -0.2) is 89.0 Å². The quantitative estimate of drug-likeness (QED) is 0.307. The van der Waals surface area contributed by atoms with Crippen LogP contribution in [-0.2, 0) is 23.3 Å². The van der Waals surface area contributed by atoms with Gasteiger partial charge in [0.1, 0.15) is 23.6 Å². The summed E-state index contributed by atoms with van der Waals surface area (Å²) in [7, 11) is -0.887. The van der Waals surface area contributed by atoms with Gasteiger partial charge in [-0.05, 0) is 70.5 Å². The van der Waals surface area contributed by atoms with Gasteiger partial charge in [0.15, 0.2) is 0 Å². The van der Waals surface area contributed by atoms with Gasteiger partial charge in [-0.15, -0.1) is 0 Å². The summed E-state index contributed by atoms with van der Waals surface area (Å²) >= 11 is 1.75. The molecular weight excluding hydrogens is 737 g/mol. The van der Waals surface area contributed by atoms with E-state index in [9.17, 15) is 14.1 Å². The van der Waals surface area contributed by atoms with Gasteiger partial charge in [-0.2, -0.15) is 0 Å². The van der Waals surface area contributed by atoms with Gasteiger partial charge in [0, 0.05) is 52.4 Å². The van der Waals surface area contributed by atoms with Crippen molar-refractivity contribution in [1.82, 2.24) is 19.4 Å². The van der Waals surface area contributed by atoms with E-state index in [0.29, 0.717) is 85.8 Å². The van der Waals surface area contributed by atoms with E-state index in [-0.39, 0.29) is 29.9 Å². The van der Waals surface area contributed by atoms with Crippen LogP contribution in [0.5, 0.6) is 0 Å². The van der Waals surface area contributed by atoms with Crippen molar-refractivity contribution in [2.45, 2.75) is 93.7 Å². The summed E-state index contributed by atoms with van der Waals surface area (Å²) in [4.78, 5) is 26.9. The first kappa shape index (κ1) is 36.3. The minimum absolute atomic E-state index is 0.0531. The molecule has 4 aliphatic heterocycles. The Kier molecular flexibility index (Phi) is 12.4. The molecular formula is C34H45F3N5O3SSb. The maximum atomic E-state index is 16.0. The van der Waals surface area contributed by atoms with E-state index in [1.807, 2.05) is 4.90 Å². The monoisotopic (exact) mass is 781 g/mol. The first-order valence-corrected chi connectivity index (χ1v) is 20.7. The fraction of sp³-hybridized carbons (Fsp3) is 0.618. The minimum atomic E-state index is -3.35. The van der Waals surface area contributed by atoms with Gasteiger partial charge in [0.2, 0.25) is 0 Å². The zero-order valence-corrected chi connectivity index (χ0v) is 30.5. The van der Waals surface area contributed by atoms with Crippen LogP contribution in [0.15, 0.2) is 35.4 Å². The van der Waals surface area contributed by atoms with Crippen molar-refractivity contribution in [3.63, 3.8) is 0 Å². The number of alkyl halides is 2. The Morgan fingerprint density at radius 3 is 2.45 bits per heavy atom. The van der Waals surface area contributed by atoms with Crippen molar-refractivity contribution in [1.29, 1.82) is 0 Å². The second kappa shape index (κ2) is 16.1. The van der Waals surface area contributed by atoms with E-state index in [1.165, 1.54) is 24.5 Å². The number of nitrogens with one attached hydrogen (secondary N) is 1. The maximum absolute atomic E-state index is 16.0. The van der Waals surface area contributed by atoms with E-state index in [4.69, 9.17) is 0 Å². The molecule has 6 heterocycles. The van der Waals surface area contributed by atoms with Gasteiger partial charge < -0.3 is 15.3 Å². The molecule has 8 nitrogen and oxygen atoms in total. The van der Waals surface area contributed by atoms with E-state index in [2.05, 4.69) is 20.2 Å². The molecule has 2 aromatic heterocycles. The molecule has 0 saturated carbocycles. The topological polar surface area (TPSA) is 100 Å². The molecule has 1 aromatic carbocycles. The predicted molar refractivity (Wildman–Crippen MR) is 181 cm³/mol. The first-order chi connectivity index (χ1) is 22.6. The number of pyridine rings is 1. The Hall–Kier alpha value is -2.01. The number of fused-ring (bicyclic) bond motifs is 9. The van der Waals surface area contributed by atoms with Gasteiger partial charge >= 0.3 is 27.9 Å². The summed E-state index contributed by atoms with van der Waals surface area (Å²) in [6, 6.07) is 5.26. The predicted octanol–water partition coefficient (Wildman–Crippen LogP) is 5.67. The molecule has 0 spiro atoms. The summed E-state index contributed by atoms with van der Waals surface area (Å²) < 4.78 is 61.5. The molecule has 2 atom stereocenters. The summed E-state index contributed by atoms with van der Waals surface area (Å²) in [5.74, 6) is -3.86. The molecule has 2 fully saturated rings. The molecule has 0 amide bonds. The summed E-state index contributed by atoms with van der Waals surface area (Å²) in [5, 5.41) is 14.5. The number of aromatic nitrogens is 3. The first-order valence-electron chi connectivity index (χ1n) is 16.6. The molecule has 8 bridgehead atoms. The zero-order valence-electron chi connectivity index (χ0n) is 27.1. The van der Waals surface area contributed by atoms with Crippen LogP contribution in [0.3, 0.4) is 0 Å². The van der Waals surface area contributed by atoms with Crippen molar-refractivity contribution in [3.8, 4) is 0 Å². The fourth-order valence-electron chi connectivity index (χ4n) is 7.26. The average Bonchev–Trinajstić information content (AvgIpc) is 3.06. The fourth-order valence-corrected chi connectivity index (χ4v) is 8.56. The summed E-state index contributed by atoms with van der Waals surface area (Å²) in [5.41, 5.74) is 0.450. The molecule has 2 radical (unpaired) electrons. The summed E-state index contributed by atoms with van der Waals surface area (Å²) in [6.45, 7) is 3.42. The van der Waals surface area contributed by atoms with Crippen LogP contribution in [0.4, 0.5) is 19.0 Å². The van der Waals surface area contributed by atoms with Crippen molar-refractivity contribution in [2.75, 3.05) is 36.5 Å². The van der Waals surface area contributed by atoms with Crippen LogP contribution in [0.1, 0.15) is 86.9 Å². The molecule has 3 aromatic rings. The van der Waals surface area contributed by atoms with Crippen LogP contribution in [0, 0.1) is 11.7 Å². The number of aliphatic hydroxyl groups excluding tert-OH is 1. The van der Waals surface area contributed by atoms with Crippen molar-refractivity contribution in [2.24, 2.45) is 5.92 Å². The number of hydrogen-bond acceptors (Lipinski definition) is 7. The third-order valence-electron chi connectivity index (χ3n) is 9.93. The average molecular weight is 783 g/mol. The molecule has 2 N–H and O–H groups in total. The third kappa shape index (κ3) is 8.08. The second-order valence-corrected chi connectivity index (χ2v) is 14.6. The van der Waals surface area contributed by atoms with Crippen LogP contribution in [0.25, 0.3) is 11.0 Å². The van der Waals surface area contributed by atoms with Crippen LogP contribution >= 0.6 is 0 Å². The van der Waals surface area contributed by atoms with Crippen molar-refractivity contribution >= 4 is 50.7 Å². The Labute approximate surface area is 290 Å². The van der Waals surface area contributed by atoms with Crippen molar-refractivity contribution in [3.05, 3.63) is 63.5 Å². The van der Waals surface area contributed by atoms with E-state index in [1.54, 1.807) is 40.6 Å². The van der Waals surface area contributed by atoms with E-state index < -0.39 is 46.2 Å². The number of benzene rings is 1. The molecule has 47 heavy (non-hydrogen) atoms. The normalized spacial score (nSPS) is 28.5. The zero-order chi connectivity index (χ0) is 33.7. The number of hydrogen-bond donors (Lipinski definition) is 2. The Morgan fingerprint density at radius 1 is 1.00 bits per heavy atom. The summed E-state index contributed by atoms with van der Waals surface area (Å²) in [6.07, 6.45) is 5.37. The van der Waals surface area contributed by atoms with Crippen molar-refractivity contribution < 1.29 is 22.5 Å². The third-order valence-corrected chi connectivity index (χ3v) is 11.3. The van der Waals surface area contributed by atoms with E-state index >= 15 is 13.2 Å². The molecule has 13 heteroatoms. The Morgan fingerprint density at radius 2 is 1.72 bits per heavy atom. The molecule has 7 rings (SSSR count).